The third-order valence-electron chi connectivity index (χ3n) is 27.0. The van der Waals surface area contributed by atoms with E-state index in [0.717, 1.165) is 34.6 Å². The van der Waals surface area contributed by atoms with E-state index in [1.807, 2.05) is 0 Å². The van der Waals surface area contributed by atoms with Gasteiger partial charge in [0, 0.05) is 34.6 Å². The minimum absolute atomic E-state index is 0.839. The van der Waals surface area contributed by atoms with E-state index in [-0.39, 0.29) is 0 Å². The van der Waals surface area contributed by atoms with Crippen molar-refractivity contribution < 1.29 is 291 Å². The molecular formula is C82H137N5O59. The average Bonchev–Trinajstić information content (AvgIpc) is 0.699. The van der Waals surface area contributed by atoms with Crippen molar-refractivity contribution in [1.29, 1.82) is 0 Å². The SMILES string of the molecule is CC(=O)N[C@H]1[C@H](O[C@H]2[C@H](O)[C@@H](NC(C)=O)C(O)O[C@@H]2CO[C@@H]2O[C@@H](C)[C@@H](O)[C@@H](O)[C@@H]2O)O[C@H](CO)[C@@H](O[C@@H]2O[C@H](CO[C@H]3O[C@H](CO)[C@@H](O)[C@H](O)[C@@H]3O[C@@H]3O[C@H](CO)[C@@H](O[C@@H]4O[C@H](CO)[C@H](O)[C@H](O)[C@H]4O)[C@H](O[C@@H]4O[C@@H](C)[C@@H](O)[C@@H](O)[C@@H]4O)[C@H]3NC(C)=O)[C@@H](O)[C@H](O[C@H]3O[C@H](CO)[C@@H](O)[C@H](O)[C@@H]3O[C@@H]3O[C@H](CO)[C@@H](O[C@@H]4O[C@H](CO)[C@H](O)[C@H](O[C@@H]5O[C@H](CO)[C@@H](O)[C@H](O)[C@H]5NC(C)=O)[C@H]4O)[C@H](O)[C@H]3NC(C)=O)[C@@H]2O)[C@@H]1O. The maximum Gasteiger partial charge on any atom is 0.217 e. The Morgan fingerprint density at radius 1 is 0.192 bits per heavy atom. The predicted octanol–water partition coefficient (Wildman–Crippen LogP) is -24.4. The molecular weight excluding hydrogens is 2000 g/mol. The maximum atomic E-state index is 13.6. The van der Waals surface area contributed by atoms with Crippen LogP contribution < -0.4 is 26.6 Å². The zero-order valence-corrected chi connectivity index (χ0v) is 79.0. The molecule has 12 saturated heterocycles. The first kappa shape index (κ1) is 120. The molecule has 0 aromatic heterocycles. The molecule has 12 aliphatic heterocycles. The molecule has 0 aromatic carbocycles. The first-order chi connectivity index (χ1) is 69.0. The molecule has 60 atom stereocenters. The molecule has 0 aromatic rings. The molecule has 0 spiro atoms. The summed E-state index contributed by atoms with van der Waals surface area (Å²) in [6, 6.07) is -9.81. The summed E-state index contributed by atoms with van der Waals surface area (Å²) in [5, 5.41) is 364. The van der Waals surface area contributed by atoms with Crippen molar-refractivity contribution in [2.24, 2.45) is 0 Å². The van der Waals surface area contributed by atoms with Crippen LogP contribution in [0.4, 0.5) is 0 Å². The number of ether oxygens (including phenoxy) is 23. The highest BCUT2D eigenvalue weighted by Crippen LogP contribution is 2.43. The summed E-state index contributed by atoms with van der Waals surface area (Å²) in [6.45, 7) is -4.60. The number of carbonyl (C=O) groups excluding carboxylic acids is 5. The van der Waals surface area contributed by atoms with Crippen molar-refractivity contribution in [1.82, 2.24) is 26.6 Å². The molecule has 844 valence electrons. The molecule has 0 aliphatic carbocycles. The normalized spacial score (nSPS) is 49.8. The van der Waals surface area contributed by atoms with Crippen LogP contribution in [-0.2, 0) is 133 Å². The van der Waals surface area contributed by atoms with Gasteiger partial charge in [0.25, 0.3) is 0 Å². The maximum absolute atomic E-state index is 13.6. The third-order valence-corrected chi connectivity index (χ3v) is 27.0. The molecule has 0 radical (unpaired) electrons. The van der Waals surface area contributed by atoms with Crippen LogP contribution >= 0.6 is 0 Å². The molecule has 146 heavy (non-hydrogen) atoms. The van der Waals surface area contributed by atoms with Crippen LogP contribution in [0.15, 0.2) is 0 Å². The van der Waals surface area contributed by atoms with Gasteiger partial charge in [0.05, 0.1) is 78.3 Å². The Labute approximate surface area is 827 Å². The fourth-order valence-electron chi connectivity index (χ4n) is 19.1. The summed E-state index contributed by atoms with van der Waals surface area (Å²) in [6.07, 6.45) is -117. The Hall–Kier alpha value is -4.81. The number of amides is 5. The van der Waals surface area contributed by atoms with Gasteiger partial charge in [-0.2, -0.15) is 0 Å². The van der Waals surface area contributed by atoms with E-state index in [1.54, 1.807) is 0 Å². The van der Waals surface area contributed by atoms with Crippen molar-refractivity contribution in [2.75, 3.05) is 66.1 Å². The van der Waals surface area contributed by atoms with Gasteiger partial charge >= 0.3 is 0 Å². The quantitative estimate of drug-likeness (QED) is 0.0275. The number of aliphatic hydroxyl groups is 31. The predicted molar refractivity (Wildman–Crippen MR) is 450 cm³/mol. The van der Waals surface area contributed by atoms with E-state index < -0.39 is 464 Å². The number of nitrogens with one attached hydrogen (secondary N) is 5. The lowest BCUT2D eigenvalue weighted by molar-refractivity contribution is -0.401. The van der Waals surface area contributed by atoms with Gasteiger partial charge in [-0.05, 0) is 13.8 Å². The minimum Gasteiger partial charge on any atom is -0.394 e. The van der Waals surface area contributed by atoms with Crippen LogP contribution in [0.3, 0.4) is 0 Å². The van der Waals surface area contributed by atoms with Gasteiger partial charge < -0.3 is 294 Å². The molecule has 5 amide bonds. The largest absolute Gasteiger partial charge is 0.394 e. The van der Waals surface area contributed by atoms with Crippen molar-refractivity contribution in [2.45, 2.75) is 417 Å². The van der Waals surface area contributed by atoms with Crippen LogP contribution in [0.5, 0.6) is 0 Å². The Kier molecular flexibility index (Phi) is 42.8. The molecule has 12 aliphatic rings. The molecule has 36 N–H and O–H groups in total. The summed E-state index contributed by atoms with van der Waals surface area (Å²) in [5.41, 5.74) is 0. The topological polar surface area (TPSA) is 985 Å². The summed E-state index contributed by atoms with van der Waals surface area (Å²) in [7, 11) is 0. The fourth-order valence-corrected chi connectivity index (χ4v) is 19.1. The molecule has 1 unspecified atom stereocenters. The van der Waals surface area contributed by atoms with Gasteiger partial charge in [-0.25, -0.2) is 0 Å². The molecule has 12 fully saturated rings. The van der Waals surface area contributed by atoms with E-state index in [0.29, 0.717) is 0 Å². The van der Waals surface area contributed by atoms with Gasteiger partial charge in [-0.15, -0.1) is 0 Å². The van der Waals surface area contributed by atoms with Crippen LogP contribution in [0.1, 0.15) is 48.5 Å². The van der Waals surface area contributed by atoms with Crippen LogP contribution in [0.25, 0.3) is 0 Å². The van der Waals surface area contributed by atoms with Gasteiger partial charge in [0.1, 0.15) is 280 Å². The number of rotatable bonds is 37. The fraction of sp³-hybridized carbons (Fsp3) is 0.939. The van der Waals surface area contributed by atoms with Crippen LogP contribution in [-0.4, -0.2) is 622 Å². The van der Waals surface area contributed by atoms with E-state index in [2.05, 4.69) is 26.6 Å². The minimum atomic E-state index is -2.73. The van der Waals surface area contributed by atoms with Gasteiger partial charge in [-0.1, -0.05) is 0 Å². The zero-order chi connectivity index (χ0) is 107. The Bertz CT molecular complexity index is 4090. The molecule has 0 saturated carbocycles. The second-order valence-corrected chi connectivity index (χ2v) is 37.3. The summed E-state index contributed by atoms with van der Waals surface area (Å²) in [5.74, 6) is -4.85. The second-order valence-electron chi connectivity index (χ2n) is 37.3. The standard InChI is InChI=1S/C82H137N5O59/c1-18-40(101)52(113)57(118)76(126-18)124-17-34-64(49(110)35(71(123)128-34)83-20(3)96)138-73-37(85-22(5)98)50(111)63(30(13-93)134-73)140-80-61(122)68(144-82-70(56(117)45(106)28(11-91)133-82)146-74-38(86-23(6)99)51(112)62(31(14-94)135-74)139-79-60(121)67(46(107)29(12-92)131-79)143-72-36(84-21(4)97)48(109)42(103)25(8-88)129-72)47(108)33(137-80)16-125-81-69(55(116)44(105)27(10-90)132-81)145-75-39(87-24(7)100)66(142-77-58(119)53(114)41(102)19(2)127-77)65(32(15-95)136-75)141-78-59(120)54(115)43(104)26(9-89)130-78/h18-19,25-82,88-95,101-123H,8-17H2,1-7H3,(H,83,96)(H,84,97)(H,85,98)(H,86,99)(H,87,100)/t18-,19-,25+,26+,27+,28+,29+,30+,31+,32+,33+,34+,35+,36+,37+,38+,39+,40+,41+,42+,43-,44+,45+,46-,47+,48+,49+,50+,51+,52+,53+,54-,55-,56-,57-,58-,59+,60+,61-,62+,63+,64+,65+,66+,67-,68-,69-,70-,71?,72-,73-,74-,75-,76+,77-,78-,79-,80-,81-,82+/m0/s1. The molecule has 12 rings (SSSR count). The summed E-state index contributed by atoms with van der Waals surface area (Å²) in [4.78, 5) is 65.4. The number of hydrogen-bond acceptors (Lipinski definition) is 59. The molecule has 64 heteroatoms. The lowest BCUT2D eigenvalue weighted by Gasteiger charge is -2.52. The highest BCUT2D eigenvalue weighted by atomic mass is 16.8. The number of carbonyl (C=O) groups is 5. The highest BCUT2D eigenvalue weighted by Gasteiger charge is 2.64. The van der Waals surface area contributed by atoms with Crippen LogP contribution in [0.2, 0.25) is 0 Å². The van der Waals surface area contributed by atoms with Crippen molar-refractivity contribution >= 4 is 29.5 Å². The summed E-state index contributed by atoms with van der Waals surface area (Å²) < 4.78 is 139. The van der Waals surface area contributed by atoms with E-state index in [9.17, 15) is 182 Å². The smallest absolute Gasteiger partial charge is 0.217 e. The molecule has 0 bridgehead atoms. The van der Waals surface area contributed by atoms with E-state index in [4.69, 9.17) is 109 Å². The Balaban J connectivity index is 0.887. The Morgan fingerprint density at radius 2 is 0.445 bits per heavy atom. The highest BCUT2D eigenvalue weighted by molar-refractivity contribution is 5.75. The third kappa shape index (κ3) is 26.4. The van der Waals surface area contributed by atoms with Crippen molar-refractivity contribution in [3.63, 3.8) is 0 Å². The molecule has 64 nitrogen and oxygen atoms in total. The van der Waals surface area contributed by atoms with Gasteiger partial charge in [0.15, 0.2) is 75.5 Å². The molecule has 12 heterocycles. The second kappa shape index (κ2) is 52.2. The lowest BCUT2D eigenvalue weighted by Crippen LogP contribution is -2.71. The number of hydrogen-bond donors (Lipinski definition) is 36. The summed E-state index contributed by atoms with van der Waals surface area (Å²) >= 11 is 0. The first-order valence-electron chi connectivity index (χ1n) is 46.9. The monoisotopic (exact) mass is 2140 g/mol. The van der Waals surface area contributed by atoms with Crippen LogP contribution in [0, 0.1) is 0 Å². The zero-order valence-electron chi connectivity index (χ0n) is 79.0. The van der Waals surface area contributed by atoms with Crippen molar-refractivity contribution in [3.05, 3.63) is 0 Å². The first-order valence-corrected chi connectivity index (χ1v) is 46.9. The Morgan fingerprint density at radius 3 is 0.890 bits per heavy atom. The number of aliphatic hydroxyl groups excluding tert-OH is 31. The van der Waals surface area contributed by atoms with Gasteiger partial charge in [-0.3, -0.25) is 24.0 Å². The van der Waals surface area contributed by atoms with Gasteiger partial charge in [0.2, 0.25) is 29.5 Å². The average molecular weight is 2140 g/mol. The van der Waals surface area contributed by atoms with E-state index in [1.165, 1.54) is 13.8 Å². The van der Waals surface area contributed by atoms with E-state index >= 15 is 0 Å². The lowest BCUT2D eigenvalue weighted by atomic mass is 9.93. The van der Waals surface area contributed by atoms with Crippen molar-refractivity contribution in [3.8, 4) is 0 Å².